The molecular formula is C16H16N2OS. The van der Waals surface area contributed by atoms with Crippen molar-refractivity contribution in [1.82, 2.24) is 4.98 Å². The largest absolute Gasteiger partial charge is 0.369 e. The van der Waals surface area contributed by atoms with Gasteiger partial charge < -0.3 is 10.3 Å². The van der Waals surface area contributed by atoms with Crippen LogP contribution in [-0.4, -0.2) is 11.0 Å². The first-order chi connectivity index (χ1) is 9.72. The average molecular weight is 284 g/mol. The minimum atomic E-state index is -0.0473. The molecule has 0 spiro atoms. The molecule has 20 heavy (non-hydrogen) atoms. The lowest BCUT2D eigenvalue weighted by Crippen LogP contribution is -2.20. The maximum absolute atomic E-state index is 12.0. The lowest BCUT2D eigenvalue weighted by molar-refractivity contribution is 0.794. The van der Waals surface area contributed by atoms with Crippen LogP contribution in [0.25, 0.3) is 10.8 Å². The van der Waals surface area contributed by atoms with Gasteiger partial charge in [-0.25, -0.2) is 0 Å². The van der Waals surface area contributed by atoms with E-state index in [1.165, 1.54) is 4.88 Å². The standard InChI is InChI=1S/C16H16N2OS/c1-11(9-13-6-4-8-20-13)17-15-10-12-5-2-3-7-14(12)16(19)18-15/h2-8,10-11H,9H2,1H3,(H2,17,18,19). The van der Waals surface area contributed by atoms with E-state index in [-0.39, 0.29) is 11.6 Å². The molecule has 3 rings (SSSR count). The lowest BCUT2D eigenvalue weighted by atomic mass is 10.1. The van der Waals surface area contributed by atoms with Crippen LogP contribution in [0.1, 0.15) is 11.8 Å². The second kappa shape index (κ2) is 5.51. The molecule has 2 N–H and O–H groups in total. The number of pyridine rings is 1. The second-order valence-corrected chi connectivity index (χ2v) is 5.96. The smallest absolute Gasteiger partial charge is 0.257 e. The Morgan fingerprint density at radius 1 is 1.25 bits per heavy atom. The van der Waals surface area contributed by atoms with Gasteiger partial charge in [0.25, 0.3) is 5.56 Å². The van der Waals surface area contributed by atoms with Crippen LogP contribution in [0.4, 0.5) is 5.82 Å². The molecule has 2 heterocycles. The molecule has 102 valence electrons. The van der Waals surface area contributed by atoms with Gasteiger partial charge in [-0.15, -0.1) is 11.3 Å². The van der Waals surface area contributed by atoms with Crippen LogP contribution in [0.15, 0.2) is 52.6 Å². The molecule has 0 saturated heterocycles. The van der Waals surface area contributed by atoms with Crippen LogP contribution in [0.3, 0.4) is 0 Å². The molecule has 0 aliphatic carbocycles. The van der Waals surface area contributed by atoms with E-state index in [0.717, 1.165) is 23.0 Å². The molecule has 4 heteroatoms. The van der Waals surface area contributed by atoms with E-state index in [1.54, 1.807) is 11.3 Å². The van der Waals surface area contributed by atoms with Gasteiger partial charge in [-0.1, -0.05) is 24.3 Å². The number of hydrogen-bond donors (Lipinski definition) is 2. The van der Waals surface area contributed by atoms with E-state index < -0.39 is 0 Å². The van der Waals surface area contributed by atoms with Crippen LogP contribution < -0.4 is 10.9 Å². The number of thiophene rings is 1. The van der Waals surface area contributed by atoms with Crippen molar-refractivity contribution in [2.24, 2.45) is 0 Å². The highest BCUT2D eigenvalue weighted by Crippen LogP contribution is 2.16. The molecule has 0 aliphatic rings. The molecule has 0 amide bonds. The quantitative estimate of drug-likeness (QED) is 0.768. The van der Waals surface area contributed by atoms with Gasteiger partial charge in [0.15, 0.2) is 0 Å². The second-order valence-electron chi connectivity index (χ2n) is 4.93. The van der Waals surface area contributed by atoms with Crippen molar-refractivity contribution in [2.75, 3.05) is 5.32 Å². The molecule has 1 aromatic carbocycles. The summed E-state index contributed by atoms with van der Waals surface area (Å²) in [7, 11) is 0. The fraction of sp³-hybridized carbons (Fsp3) is 0.188. The van der Waals surface area contributed by atoms with Crippen molar-refractivity contribution in [3.05, 3.63) is 63.1 Å². The van der Waals surface area contributed by atoms with Gasteiger partial charge in [-0.3, -0.25) is 4.79 Å². The highest BCUT2D eigenvalue weighted by Gasteiger charge is 2.06. The van der Waals surface area contributed by atoms with Crippen LogP contribution in [-0.2, 0) is 6.42 Å². The van der Waals surface area contributed by atoms with Crippen LogP contribution in [0, 0.1) is 0 Å². The minimum Gasteiger partial charge on any atom is -0.369 e. The molecule has 2 aromatic heterocycles. The Hall–Kier alpha value is -2.07. The van der Waals surface area contributed by atoms with Crippen molar-refractivity contribution in [3.63, 3.8) is 0 Å². The summed E-state index contributed by atoms with van der Waals surface area (Å²) in [4.78, 5) is 16.2. The number of aromatic nitrogens is 1. The Bertz CT molecular complexity index is 761. The van der Waals surface area contributed by atoms with Gasteiger partial charge in [-0.2, -0.15) is 0 Å². The van der Waals surface area contributed by atoms with Crippen LogP contribution in [0.5, 0.6) is 0 Å². The summed E-state index contributed by atoms with van der Waals surface area (Å²) in [5.74, 6) is 0.776. The Kier molecular flexibility index (Phi) is 3.56. The number of fused-ring (bicyclic) bond motifs is 1. The van der Waals surface area contributed by atoms with Gasteiger partial charge in [0.05, 0.1) is 0 Å². The number of rotatable bonds is 4. The molecule has 1 unspecified atom stereocenters. The molecule has 0 aliphatic heterocycles. The van der Waals surface area contributed by atoms with Gasteiger partial charge in [0.1, 0.15) is 5.82 Å². The van der Waals surface area contributed by atoms with Gasteiger partial charge in [-0.05, 0) is 35.9 Å². The van der Waals surface area contributed by atoms with Gasteiger partial charge in [0.2, 0.25) is 0 Å². The Morgan fingerprint density at radius 2 is 2.10 bits per heavy atom. The average Bonchev–Trinajstić information content (AvgIpc) is 2.91. The third kappa shape index (κ3) is 2.75. The monoisotopic (exact) mass is 284 g/mol. The van der Waals surface area contributed by atoms with Crippen molar-refractivity contribution in [3.8, 4) is 0 Å². The highest BCUT2D eigenvalue weighted by molar-refractivity contribution is 7.09. The zero-order valence-electron chi connectivity index (χ0n) is 11.2. The van der Waals surface area contributed by atoms with Crippen LogP contribution in [0.2, 0.25) is 0 Å². The molecular weight excluding hydrogens is 268 g/mol. The zero-order valence-corrected chi connectivity index (χ0v) is 12.0. The predicted octanol–water partition coefficient (Wildman–Crippen LogP) is 3.63. The summed E-state index contributed by atoms with van der Waals surface area (Å²) in [5, 5.41) is 7.13. The fourth-order valence-corrected chi connectivity index (χ4v) is 3.17. The summed E-state index contributed by atoms with van der Waals surface area (Å²) in [6, 6.07) is 14.1. The van der Waals surface area contributed by atoms with E-state index in [9.17, 15) is 4.79 Å². The summed E-state index contributed by atoms with van der Waals surface area (Å²) in [5.41, 5.74) is -0.0473. The molecule has 0 fully saturated rings. The SMILES string of the molecule is CC(Cc1cccs1)Nc1cc2ccccc2c(=O)[nH]1. The predicted molar refractivity (Wildman–Crippen MR) is 85.7 cm³/mol. The maximum atomic E-state index is 12.0. The van der Waals surface area contributed by atoms with Crippen molar-refractivity contribution >= 4 is 27.9 Å². The van der Waals surface area contributed by atoms with E-state index in [4.69, 9.17) is 0 Å². The first-order valence-corrected chi connectivity index (χ1v) is 7.51. The number of aromatic amines is 1. The van der Waals surface area contributed by atoms with Gasteiger partial charge >= 0.3 is 0 Å². The summed E-state index contributed by atoms with van der Waals surface area (Å²) >= 11 is 1.76. The van der Waals surface area contributed by atoms with E-state index >= 15 is 0 Å². The molecule has 1 atom stereocenters. The van der Waals surface area contributed by atoms with E-state index in [0.29, 0.717) is 0 Å². The number of benzene rings is 1. The molecule has 0 radical (unpaired) electrons. The number of H-pyrrole nitrogens is 1. The third-order valence-electron chi connectivity index (χ3n) is 3.24. The fourth-order valence-electron chi connectivity index (χ4n) is 2.34. The van der Waals surface area contributed by atoms with Crippen LogP contribution >= 0.6 is 11.3 Å². The van der Waals surface area contributed by atoms with E-state index in [2.05, 4.69) is 34.7 Å². The minimum absolute atomic E-state index is 0.0473. The summed E-state index contributed by atoms with van der Waals surface area (Å²) in [6.07, 6.45) is 0.951. The first-order valence-electron chi connectivity index (χ1n) is 6.63. The molecule has 3 aromatic rings. The summed E-state index contributed by atoms with van der Waals surface area (Å²) < 4.78 is 0. The molecule has 3 nitrogen and oxygen atoms in total. The maximum Gasteiger partial charge on any atom is 0.257 e. The normalized spacial score (nSPS) is 12.4. The topological polar surface area (TPSA) is 44.9 Å². The molecule has 0 saturated carbocycles. The number of hydrogen-bond acceptors (Lipinski definition) is 3. The Morgan fingerprint density at radius 3 is 2.90 bits per heavy atom. The highest BCUT2D eigenvalue weighted by atomic mass is 32.1. The van der Waals surface area contributed by atoms with Gasteiger partial charge in [0, 0.05) is 22.7 Å². The third-order valence-corrected chi connectivity index (χ3v) is 4.14. The van der Waals surface area contributed by atoms with E-state index in [1.807, 2.05) is 30.3 Å². The van der Waals surface area contributed by atoms with Crippen molar-refractivity contribution < 1.29 is 0 Å². The zero-order chi connectivity index (χ0) is 13.9. The molecule has 0 bridgehead atoms. The number of anilines is 1. The lowest BCUT2D eigenvalue weighted by Gasteiger charge is -2.14. The Labute approximate surface area is 121 Å². The van der Waals surface area contributed by atoms with Crippen molar-refractivity contribution in [1.29, 1.82) is 0 Å². The number of nitrogens with one attached hydrogen (secondary N) is 2. The van der Waals surface area contributed by atoms with Crippen molar-refractivity contribution in [2.45, 2.75) is 19.4 Å². The Balaban J connectivity index is 1.82. The summed E-state index contributed by atoms with van der Waals surface area (Å²) in [6.45, 7) is 2.12. The first kappa shape index (κ1) is 12.9.